The van der Waals surface area contributed by atoms with Crippen LogP contribution in [0.25, 0.3) is 0 Å². The largest absolute Gasteiger partial charge is 0.356 e. The molecule has 1 saturated heterocycles. The molecule has 0 aromatic heterocycles. The van der Waals surface area contributed by atoms with E-state index in [1.807, 2.05) is 0 Å². The van der Waals surface area contributed by atoms with Crippen molar-refractivity contribution < 1.29 is 10.5 Å². The van der Waals surface area contributed by atoms with E-state index < -0.39 is 0 Å². The van der Waals surface area contributed by atoms with Gasteiger partial charge in [-0.2, -0.15) is 0 Å². The quantitative estimate of drug-likeness (QED) is 0.397. The lowest BCUT2D eigenvalue weighted by Gasteiger charge is -2.14. The Bertz CT molecular complexity index is 103. The fraction of sp³-hybridized carbons (Fsp3) is 0.800. The maximum atomic E-state index is 10.5. The third-order valence-corrected chi connectivity index (χ3v) is 1.35. The summed E-state index contributed by atoms with van der Waals surface area (Å²) < 4.78 is 0. The summed E-state index contributed by atoms with van der Waals surface area (Å²) in [5.74, 6) is 0.149. The molecule has 1 fully saturated rings. The Labute approximate surface area is 48.2 Å². The van der Waals surface area contributed by atoms with Crippen LogP contribution in [0, 0.1) is 0 Å². The monoisotopic (exact) mass is 115 g/mol. The molecule has 1 heterocycles. The van der Waals surface area contributed by atoms with Crippen molar-refractivity contribution in [1.82, 2.24) is 5.32 Å². The van der Waals surface area contributed by atoms with Gasteiger partial charge in [-0.15, -0.1) is 0 Å². The van der Waals surface area contributed by atoms with E-state index in [0.29, 0.717) is 12.5 Å². The van der Waals surface area contributed by atoms with E-state index in [0.717, 1.165) is 13.0 Å². The van der Waals surface area contributed by atoms with E-state index in [-0.39, 0.29) is 5.91 Å². The Morgan fingerprint density at radius 3 is 2.88 bits per heavy atom. The minimum atomic E-state index is 0.149. The first-order valence-electron chi connectivity index (χ1n) is 2.89. The van der Waals surface area contributed by atoms with Gasteiger partial charge in [-0.3, -0.25) is 4.79 Å². The van der Waals surface area contributed by atoms with E-state index in [4.69, 9.17) is 0 Å². The van der Waals surface area contributed by atoms with E-state index in [9.17, 15) is 4.79 Å². The number of nitrogens with one attached hydrogen (secondary N) is 1. The summed E-state index contributed by atoms with van der Waals surface area (Å²) in [6.45, 7) is 0.812. The Balaban J connectivity index is 2.34. The van der Waals surface area contributed by atoms with Crippen LogP contribution in [0.1, 0.15) is 12.8 Å². The zero-order valence-corrected chi connectivity index (χ0v) is 4.81. The number of piperidine rings is 1. The number of hydrogen-bond acceptors (Lipinski definition) is 1. The molecule has 0 bridgehead atoms. The van der Waals surface area contributed by atoms with Crippen LogP contribution in [0.3, 0.4) is 0 Å². The first-order chi connectivity index (χ1) is 3.79. The maximum Gasteiger partial charge on any atom is 0.225 e. The summed E-state index contributed by atoms with van der Waals surface area (Å²) >= 11 is 0. The molecule has 0 aromatic rings. The summed E-state index contributed by atoms with van der Waals surface area (Å²) in [7, 11) is 0. The van der Waals surface area contributed by atoms with E-state index in [2.05, 4.69) is 11.1 Å². The molecule has 1 atom stereocenters. The number of carbonyl (C=O) groups is 1. The summed E-state index contributed by atoms with van der Waals surface area (Å²) in [5, 5.41) is 2.73. The number of rotatable bonds is 0. The molecule has 0 unspecified atom stereocenters. The summed E-state index contributed by atoms with van der Waals surface area (Å²) in [5.41, 5.74) is 3.79. The molecule has 1 amide bonds. The lowest BCUT2D eigenvalue weighted by atomic mass is 10.1. The topological polar surface area (TPSA) is 56.7 Å². The predicted octanol–water partition coefficient (Wildman–Crippen LogP) is -1.49. The Hall–Kier alpha value is -0.570. The van der Waals surface area contributed by atoms with E-state index in [1.165, 1.54) is 0 Å². The molecule has 3 nitrogen and oxygen atoms in total. The molecular weight excluding hydrogens is 104 g/mol. The lowest BCUT2D eigenvalue weighted by molar-refractivity contribution is -0.420. The number of hydrogen-bond donors (Lipinski definition) is 2. The van der Waals surface area contributed by atoms with Crippen LogP contribution in [-0.2, 0) is 4.79 Å². The Kier molecular flexibility index (Phi) is 1.48. The fourth-order valence-electron chi connectivity index (χ4n) is 0.852. The van der Waals surface area contributed by atoms with Gasteiger partial charge in [0.15, 0.2) is 0 Å². The van der Waals surface area contributed by atoms with Crippen LogP contribution in [0.4, 0.5) is 0 Å². The molecule has 0 spiro atoms. The van der Waals surface area contributed by atoms with Gasteiger partial charge >= 0.3 is 0 Å². The van der Waals surface area contributed by atoms with Crippen molar-refractivity contribution in [1.29, 1.82) is 0 Å². The van der Waals surface area contributed by atoms with Gasteiger partial charge in [0, 0.05) is 13.0 Å². The second-order valence-corrected chi connectivity index (χ2v) is 2.21. The molecule has 1 rings (SSSR count). The highest BCUT2D eigenvalue weighted by Gasteiger charge is 2.16. The van der Waals surface area contributed by atoms with Gasteiger partial charge in [-0.1, -0.05) is 0 Å². The minimum Gasteiger partial charge on any atom is -0.356 e. The fourth-order valence-corrected chi connectivity index (χ4v) is 0.852. The van der Waals surface area contributed by atoms with Crippen molar-refractivity contribution in [2.24, 2.45) is 0 Å². The molecule has 0 aliphatic carbocycles. The summed E-state index contributed by atoms with van der Waals surface area (Å²) in [6.07, 6.45) is 1.64. The van der Waals surface area contributed by atoms with Crippen molar-refractivity contribution in [3.63, 3.8) is 0 Å². The summed E-state index contributed by atoms with van der Waals surface area (Å²) in [4.78, 5) is 10.5. The SMILES string of the molecule is [NH3+][C@H]1CCNC(=O)C1. The highest BCUT2D eigenvalue weighted by Crippen LogP contribution is 1.96. The Morgan fingerprint density at radius 2 is 2.50 bits per heavy atom. The molecule has 4 N–H and O–H groups in total. The lowest BCUT2D eigenvalue weighted by Crippen LogP contribution is -2.64. The predicted molar refractivity (Wildman–Crippen MR) is 28.9 cm³/mol. The summed E-state index contributed by atoms with van der Waals surface area (Å²) in [6, 6.07) is 0.351. The van der Waals surface area contributed by atoms with Crippen molar-refractivity contribution in [2.75, 3.05) is 6.54 Å². The van der Waals surface area contributed by atoms with Crippen LogP contribution in [0.15, 0.2) is 0 Å². The highest BCUT2D eigenvalue weighted by molar-refractivity contribution is 5.77. The zero-order valence-electron chi connectivity index (χ0n) is 4.81. The molecular formula is C5H11N2O+. The number of carbonyl (C=O) groups excluding carboxylic acids is 1. The van der Waals surface area contributed by atoms with Gasteiger partial charge in [-0.25, -0.2) is 0 Å². The highest BCUT2D eigenvalue weighted by atomic mass is 16.1. The molecule has 0 saturated carbocycles. The first-order valence-corrected chi connectivity index (χ1v) is 2.89. The molecule has 46 valence electrons. The molecule has 1 aliphatic heterocycles. The van der Waals surface area contributed by atoms with Gasteiger partial charge in [-0.05, 0) is 0 Å². The second kappa shape index (κ2) is 2.13. The van der Waals surface area contributed by atoms with Crippen LogP contribution in [0.5, 0.6) is 0 Å². The van der Waals surface area contributed by atoms with E-state index >= 15 is 0 Å². The number of amides is 1. The van der Waals surface area contributed by atoms with Gasteiger partial charge in [0.2, 0.25) is 5.91 Å². The molecule has 0 aromatic carbocycles. The van der Waals surface area contributed by atoms with Crippen molar-refractivity contribution in [3.05, 3.63) is 0 Å². The third-order valence-electron chi connectivity index (χ3n) is 1.35. The molecule has 3 heteroatoms. The average Bonchev–Trinajstić information content (AvgIpc) is 1.64. The van der Waals surface area contributed by atoms with Gasteiger partial charge < -0.3 is 11.1 Å². The van der Waals surface area contributed by atoms with Gasteiger partial charge in [0.25, 0.3) is 0 Å². The van der Waals surface area contributed by atoms with Gasteiger partial charge in [0.05, 0.1) is 12.5 Å². The van der Waals surface area contributed by atoms with E-state index in [1.54, 1.807) is 0 Å². The standard InChI is InChI=1S/C5H10N2O/c6-4-1-2-7-5(8)3-4/h4H,1-3,6H2,(H,7,8)/p+1/t4-/m0/s1. The van der Waals surface area contributed by atoms with Crippen molar-refractivity contribution >= 4 is 5.91 Å². The first kappa shape index (κ1) is 5.56. The van der Waals surface area contributed by atoms with Crippen molar-refractivity contribution in [2.45, 2.75) is 18.9 Å². The minimum absolute atomic E-state index is 0.149. The van der Waals surface area contributed by atoms with Crippen LogP contribution < -0.4 is 11.1 Å². The second-order valence-electron chi connectivity index (χ2n) is 2.21. The maximum absolute atomic E-state index is 10.5. The Morgan fingerprint density at radius 1 is 1.75 bits per heavy atom. The third kappa shape index (κ3) is 1.20. The van der Waals surface area contributed by atoms with Crippen LogP contribution >= 0.6 is 0 Å². The average molecular weight is 115 g/mol. The van der Waals surface area contributed by atoms with Crippen LogP contribution in [0.2, 0.25) is 0 Å². The molecule has 1 aliphatic rings. The molecule has 8 heavy (non-hydrogen) atoms. The normalized spacial score (nSPS) is 29.6. The van der Waals surface area contributed by atoms with Crippen molar-refractivity contribution in [3.8, 4) is 0 Å². The smallest absolute Gasteiger partial charge is 0.225 e. The van der Waals surface area contributed by atoms with Gasteiger partial charge in [0.1, 0.15) is 0 Å². The van der Waals surface area contributed by atoms with Crippen LogP contribution in [-0.4, -0.2) is 18.5 Å². The molecule has 0 radical (unpaired) electrons. The number of quaternary nitrogens is 1. The zero-order chi connectivity index (χ0) is 5.98.